The number of halogens is 2. The number of carbonyl (C=O) groups excluding carboxylic acids is 1. The average molecular weight is 571 g/mol. The maximum atomic E-state index is 14.0. The summed E-state index contributed by atoms with van der Waals surface area (Å²) in [6.45, 7) is 7.02. The number of carboxylic acids is 1. The normalized spacial score (nSPS) is 19.1. The van der Waals surface area contributed by atoms with Crippen molar-refractivity contribution in [2.24, 2.45) is 0 Å². The van der Waals surface area contributed by atoms with Crippen LogP contribution in [-0.4, -0.2) is 30.2 Å². The second kappa shape index (κ2) is 9.12. The van der Waals surface area contributed by atoms with E-state index in [0.717, 1.165) is 5.56 Å². The molecule has 3 aromatic rings. The third-order valence-electron chi connectivity index (χ3n) is 6.61. The van der Waals surface area contributed by atoms with Crippen LogP contribution in [0.15, 0.2) is 59.1 Å². The van der Waals surface area contributed by atoms with Gasteiger partial charge in [-0.15, -0.1) is 0 Å². The summed E-state index contributed by atoms with van der Waals surface area (Å²) >= 11 is 10.1. The minimum atomic E-state index is -1.03. The molecule has 8 heteroatoms. The topological polar surface area (TPSA) is 76.1 Å². The van der Waals surface area contributed by atoms with Gasteiger partial charge >= 0.3 is 5.97 Å². The molecule has 0 unspecified atom stereocenters. The third kappa shape index (κ3) is 4.24. The molecule has 2 aliphatic heterocycles. The first kappa shape index (κ1) is 24.7. The Kier molecular flexibility index (Phi) is 6.25. The van der Waals surface area contributed by atoms with E-state index in [2.05, 4.69) is 36.7 Å². The Morgan fingerprint density at radius 3 is 2.42 bits per heavy atom. The van der Waals surface area contributed by atoms with Crippen molar-refractivity contribution in [3.05, 3.63) is 86.3 Å². The number of nitrogens with zero attached hydrogens (tertiary/aromatic N) is 1. The van der Waals surface area contributed by atoms with Crippen molar-refractivity contribution in [1.29, 1.82) is 0 Å². The van der Waals surface area contributed by atoms with E-state index in [0.29, 0.717) is 56.6 Å². The highest BCUT2D eigenvalue weighted by atomic mass is 79.9. The summed E-state index contributed by atoms with van der Waals surface area (Å²) in [6.07, 6.45) is 0. The van der Waals surface area contributed by atoms with Crippen molar-refractivity contribution >= 4 is 45.1 Å². The SMILES string of the molecule is CC(C)(C)c1ccc(N2C(=O)c3cc(Br)ccc3[C@H](C(=O)O)[C@H]2c2ccc3c(c2)OCCO3)cc1Cl. The predicted molar refractivity (Wildman–Crippen MR) is 142 cm³/mol. The van der Waals surface area contributed by atoms with Crippen molar-refractivity contribution < 1.29 is 24.2 Å². The molecule has 1 amide bonds. The quantitative estimate of drug-likeness (QED) is 0.377. The molecule has 0 saturated heterocycles. The molecule has 5 rings (SSSR count). The number of carbonyl (C=O) groups is 2. The molecule has 0 spiro atoms. The van der Waals surface area contributed by atoms with Crippen molar-refractivity contribution in [2.75, 3.05) is 18.1 Å². The van der Waals surface area contributed by atoms with Crippen LogP contribution in [0.2, 0.25) is 5.02 Å². The number of hydrogen-bond acceptors (Lipinski definition) is 4. The van der Waals surface area contributed by atoms with Crippen LogP contribution in [0.1, 0.15) is 59.8 Å². The van der Waals surface area contributed by atoms with Crippen molar-refractivity contribution in [1.82, 2.24) is 0 Å². The largest absolute Gasteiger partial charge is 0.486 e. The highest BCUT2D eigenvalue weighted by molar-refractivity contribution is 9.10. The number of anilines is 1. The molecule has 186 valence electrons. The Morgan fingerprint density at radius 1 is 1.03 bits per heavy atom. The average Bonchev–Trinajstić information content (AvgIpc) is 2.82. The van der Waals surface area contributed by atoms with Gasteiger partial charge in [-0.2, -0.15) is 0 Å². The van der Waals surface area contributed by atoms with Gasteiger partial charge in [0.1, 0.15) is 19.1 Å². The molecule has 0 aliphatic carbocycles. The second-order valence-electron chi connectivity index (χ2n) is 9.98. The van der Waals surface area contributed by atoms with E-state index in [1.165, 1.54) is 4.90 Å². The van der Waals surface area contributed by atoms with E-state index in [1.807, 2.05) is 12.1 Å². The van der Waals surface area contributed by atoms with Gasteiger partial charge in [-0.3, -0.25) is 14.5 Å². The van der Waals surface area contributed by atoms with Gasteiger partial charge in [0.25, 0.3) is 5.91 Å². The van der Waals surface area contributed by atoms with E-state index >= 15 is 0 Å². The van der Waals surface area contributed by atoms with Crippen LogP contribution in [0.25, 0.3) is 0 Å². The van der Waals surface area contributed by atoms with Crippen molar-refractivity contribution in [3.8, 4) is 11.5 Å². The molecule has 1 N–H and O–H groups in total. The highest BCUT2D eigenvalue weighted by Gasteiger charge is 2.45. The second-order valence-corrected chi connectivity index (χ2v) is 11.3. The molecule has 0 aromatic heterocycles. The molecule has 36 heavy (non-hydrogen) atoms. The summed E-state index contributed by atoms with van der Waals surface area (Å²) in [5, 5.41) is 11.0. The molecule has 6 nitrogen and oxygen atoms in total. The van der Waals surface area contributed by atoms with Crippen LogP contribution in [0.4, 0.5) is 5.69 Å². The molecular formula is C28H25BrClNO5. The molecule has 0 fully saturated rings. The molecule has 0 bridgehead atoms. The summed E-state index contributed by atoms with van der Waals surface area (Å²) in [4.78, 5) is 28.3. The van der Waals surface area contributed by atoms with E-state index in [9.17, 15) is 14.7 Å². The first-order chi connectivity index (χ1) is 17.1. The van der Waals surface area contributed by atoms with Gasteiger partial charge < -0.3 is 14.6 Å². The van der Waals surface area contributed by atoms with Crippen LogP contribution in [0.3, 0.4) is 0 Å². The minimum Gasteiger partial charge on any atom is -0.486 e. The van der Waals surface area contributed by atoms with Crippen LogP contribution < -0.4 is 14.4 Å². The zero-order chi connectivity index (χ0) is 25.8. The monoisotopic (exact) mass is 569 g/mol. The summed E-state index contributed by atoms with van der Waals surface area (Å²) in [6, 6.07) is 15.1. The summed E-state index contributed by atoms with van der Waals surface area (Å²) in [5.41, 5.74) is 2.69. The number of ether oxygens (including phenoxy) is 2. The minimum absolute atomic E-state index is 0.197. The fourth-order valence-corrected chi connectivity index (χ4v) is 5.77. The standard InChI is InChI=1S/C28H25BrClNO5/c1-28(2,3)20-8-6-17(14-21(20)30)31-25(15-4-9-22-23(12-15)36-11-10-35-22)24(27(33)34)18-7-5-16(29)13-19(18)26(31)32/h4-9,12-14,24-25H,10-11H2,1-3H3,(H,33,34)/t24-,25+/m0/s1. The Hall–Kier alpha value is -3.03. The smallest absolute Gasteiger partial charge is 0.313 e. The van der Waals surface area contributed by atoms with Crippen LogP contribution in [0.5, 0.6) is 11.5 Å². The van der Waals surface area contributed by atoms with Gasteiger partial charge in [0.15, 0.2) is 11.5 Å². The van der Waals surface area contributed by atoms with Crippen LogP contribution >= 0.6 is 27.5 Å². The lowest BCUT2D eigenvalue weighted by Crippen LogP contribution is -2.45. The molecule has 2 aliphatic rings. The van der Waals surface area contributed by atoms with Gasteiger partial charge in [0.2, 0.25) is 0 Å². The summed E-state index contributed by atoms with van der Waals surface area (Å²) in [7, 11) is 0. The lowest BCUT2D eigenvalue weighted by atomic mass is 9.79. The maximum absolute atomic E-state index is 14.0. The predicted octanol–water partition coefficient (Wildman–Crippen LogP) is 6.74. The Morgan fingerprint density at radius 2 is 1.75 bits per heavy atom. The summed E-state index contributed by atoms with van der Waals surface area (Å²) in [5.74, 6) is -1.24. The first-order valence-electron chi connectivity index (χ1n) is 11.6. The lowest BCUT2D eigenvalue weighted by Gasteiger charge is -2.41. The maximum Gasteiger partial charge on any atom is 0.313 e. The molecule has 3 aromatic carbocycles. The number of rotatable bonds is 3. The highest BCUT2D eigenvalue weighted by Crippen LogP contribution is 2.48. The van der Waals surface area contributed by atoms with Gasteiger partial charge in [-0.05, 0) is 58.5 Å². The Bertz CT molecular complexity index is 1380. The Labute approximate surface area is 222 Å². The first-order valence-corrected chi connectivity index (χ1v) is 12.8. The zero-order valence-corrected chi connectivity index (χ0v) is 22.4. The van der Waals surface area contributed by atoms with Crippen LogP contribution in [0, 0.1) is 0 Å². The van der Waals surface area contributed by atoms with E-state index in [4.69, 9.17) is 21.1 Å². The van der Waals surface area contributed by atoms with E-state index in [1.54, 1.807) is 42.5 Å². The molecule has 2 atom stereocenters. The lowest BCUT2D eigenvalue weighted by molar-refractivity contribution is -0.139. The van der Waals surface area contributed by atoms with Gasteiger partial charge in [0, 0.05) is 20.7 Å². The fraction of sp³-hybridized carbons (Fsp3) is 0.286. The van der Waals surface area contributed by atoms with Gasteiger partial charge in [-0.1, -0.05) is 66.5 Å². The van der Waals surface area contributed by atoms with Crippen molar-refractivity contribution in [2.45, 2.75) is 38.1 Å². The third-order valence-corrected chi connectivity index (χ3v) is 7.41. The molecule has 0 saturated carbocycles. The number of fused-ring (bicyclic) bond motifs is 2. The number of amides is 1. The van der Waals surface area contributed by atoms with Crippen LogP contribution in [-0.2, 0) is 10.2 Å². The van der Waals surface area contributed by atoms with E-state index < -0.39 is 17.9 Å². The van der Waals surface area contributed by atoms with E-state index in [-0.39, 0.29) is 11.3 Å². The zero-order valence-electron chi connectivity index (χ0n) is 20.0. The number of benzene rings is 3. The van der Waals surface area contributed by atoms with Crippen molar-refractivity contribution in [3.63, 3.8) is 0 Å². The number of aliphatic carboxylic acids is 1. The fourth-order valence-electron chi connectivity index (χ4n) is 4.95. The molecular weight excluding hydrogens is 546 g/mol. The van der Waals surface area contributed by atoms with Gasteiger partial charge in [-0.25, -0.2) is 0 Å². The number of hydrogen-bond donors (Lipinski definition) is 1. The molecule has 2 heterocycles. The molecule has 0 radical (unpaired) electrons. The Balaban J connectivity index is 1.74. The summed E-state index contributed by atoms with van der Waals surface area (Å²) < 4.78 is 12.1. The number of carboxylic acid groups (broad SMARTS) is 1. The van der Waals surface area contributed by atoms with Gasteiger partial charge in [0.05, 0.1) is 6.04 Å².